The second-order valence-corrected chi connectivity index (χ2v) is 4.64. The molecule has 1 aliphatic heterocycles. The third kappa shape index (κ3) is 1.70. The number of nitrogens with zero attached hydrogens (tertiary/aromatic N) is 1. The molecule has 78 valence electrons. The minimum Gasteiger partial charge on any atom is -0.371 e. The van der Waals surface area contributed by atoms with Crippen molar-refractivity contribution < 1.29 is 0 Å². The molecule has 0 radical (unpaired) electrons. The van der Waals surface area contributed by atoms with Crippen molar-refractivity contribution >= 4 is 27.4 Å². The highest BCUT2D eigenvalue weighted by Gasteiger charge is 2.15. The van der Waals surface area contributed by atoms with E-state index in [4.69, 9.17) is 0 Å². The fourth-order valence-electron chi connectivity index (χ4n) is 1.96. The normalized spacial score (nSPS) is 20.9. The lowest BCUT2D eigenvalue weighted by molar-refractivity contribution is 0.797. The van der Waals surface area contributed by atoms with Crippen molar-refractivity contribution in [3.63, 3.8) is 0 Å². The number of anilines is 1. The standard InChI is InChI=1S/C11H13N3S/c1-2-4-10-9(3-1)11(15-14-10)13-8-5-6-12-7-8/h1-4,8,12-13H,5-7H2. The first kappa shape index (κ1) is 9.12. The molecule has 3 rings (SSSR count). The number of fused-ring (bicyclic) bond motifs is 1. The van der Waals surface area contributed by atoms with Crippen LogP contribution in [0.2, 0.25) is 0 Å². The Balaban J connectivity index is 1.90. The number of hydrogen-bond donors (Lipinski definition) is 2. The minimum absolute atomic E-state index is 0.564. The highest BCUT2D eigenvalue weighted by Crippen LogP contribution is 2.28. The summed E-state index contributed by atoms with van der Waals surface area (Å²) in [7, 11) is 0. The third-order valence-corrected chi connectivity index (χ3v) is 3.59. The van der Waals surface area contributed by atoms with E-state index in [1.807, 2.05) is 6.07 Å². The topological polar surface area (TPSA) is 37.0 Å². The Morgan fingerprint density at radius 3 is 3.20 bits per heavy atom. The lowest BCUT2D eigenvalue weighted by atomic mass is 10.2. The van der Waals surface area contributed by atoms with Crippen LogP contribution < -0.4 is 10.6 Å². The monoisotopic (exact) mass is 219 g/mol. The molecule has 1 fully saturated rings. The smallest absolute Gasteiger partial charge is 0.117 e. The quantitative estimate of drug-likeness (QED) is 0.812. The van der Waals surface area contributed by atoms with Crippen LogP contribution in [0.25, 0.3) is 10.9 Å². The molecular weight excluding hydrogens is 206 g/mol. The van der Waals surface area contributed by atoms with Crippen molar-refractivity contribution in [1.82, 2.24) is 9.69 Å². The van der Waals surface area contributed by atoms with Gasteiger partial charge in [0, 0.05) is 18.0 Å². The zero-order chi connectivity index (χ0) is 10.1. The molecule has 2 N–H and O–H groups in total. The Kier molecular flexibility index (Phi) is 2.31. The molecule has 1 saturated heterocycles. The molecule has 0 aliphatic carbocycles. The van der Waals surface area contributed by atoms with E-state index >= 15 is 0 Å². The Bertz CT molecular complexity index is 460. The van der Waals surface area contributed by atoms with Gasteiger partial charge in [-0.25, -0.2) is 0 Å². The van der Waals surface area contributed by atoms with E-state index in [-0.39, 0.29) is 0 Å². The van der Waals surface area contributed by atoms with Crippen molar-refractivity contribution in [2.24, 2.45) is 0 Å². The molecule has 1 aromatic carbocycles. The van der Waals surface area contributed by atoms with Crippen molar-refractivity contribution in [3.05, 3.63) is 24.3 Å². The summed E-state index contributed by atoms with van der Waals surface area (Å²) in [6, 6.07) is 8.85. The van der Waals surface area contributed by atoms with Gasteiger partial charge in [-0.2, -0.15) is 4.37 Å². The molecule has 0 spiro atoms. The first-order valence-electron chi connectivity index (χ1n) is 5.25. The number of benzene rings is 1. The van der Waals surface area contributed by atoms with E-state index in [1.54, 1.807) is 11.5 Å². The third-order valence-electron chi connectivity index (χ3n) is 2.78. The molecule has 3 nitrogen and oxygen atoms in total. The number of nitrogens with one attached hydrogen (secondary N) is 2. The van der Waals surface area contributed by atoms with Crippen molar-refractivity contribution in [2.75, 3.05) is 18.4 Å². The first-order valence-corrected chi connectivity index (χ1v) is 6.02. The van der Waals surface area contributed by atoms with Crippen molar-refractivity contribution in [3.8, 4) is 0 Å². The maximum atomic E-state index is 4.42. The van der Waals surface area contributed by atoms with Gasteiger partial charge in [0.25, 0.3) is 0 Å². The molecular formula is C11H13N3S. The van der Waals surface area contributed by atoms with Crippen LogP contribution >= 0.6 is 11.5 Å². The number of hydrogen-bond acceptors (Lipinski definition) is 4. The molecule has 15 heavy (non-hydrogen) atoms. The van der Waals surface area contributed by atoms with Crippen LogP contribution in [0.3, 0.4) is 0 Å². The van der Waals surface area contributed by atoms with Crippen LogP contribution in [0, 0.1) is 0 Å². The van der Waals surface area contributed by atoms with Gasteiger partial charge in [-0.15, -0.1) is 0 Å². The lowest BCUT2D eigenvalue weighted by Gasteiger charge is -2.10. The molecule has 4 heteroatoms. The van der Waals surface area contributed by atoms with E-state index in [0.29, 0.717) is 6.04 Å². The van der Waals surface area contributed by atoms with Gasteiger partial charge in [0.15, 0.2) is 0 Å². The average Bonchev–Trinajstić information content (AvgIpc) is 2.89. The van der Waals surface area contributed by atoms with Crippen LogP contribution in [0.4, 0.5) is 5.00 Å². The van der Waals surface area contributed by atoms with Gasteiger partial charge < -0.3 is 10.6 Å². The molecule has 1 unspecified atom stereocenters. The van der Waals surface area contributed by atoms with Gasteiger partial charge in [-0.3, -0.25) is 0 Å². The predicted molar refractivity (Wildman–Crippen MR) is 64.5 cm³/mol. The number of aromatic nitrogens is 1. The summed E-state index contributed by atoms with van der Waals surface area (Å²) in [5.74, 6) is 0. The largest absolute Gasteiger partial charge is 0.371 e. The second kappa shape index (κ2) is 3.79. The molecule has 0 amide bonds. The summed E-state index contributed by atoms with van der Waals surface area (Å²) >= 11 is 1.56. The van der Waals surface area contributed by atoms with E-state index < -0.39 is 0 Å². The molecule has 2 heterocycles. The molecule has 1 atom stereocenters. The summed E-state index contributed by atoms with van der Waals surface area (Å²) in [6.07, 6.45) is 1.20. The zero-order valence-corrected chi connectivity index (χ0v) is 9.18. The summed E-state index contributed by atoms with van der Waals surface area (Å²) in [5, 5.41) is 9.36. The van der Waals surface area contributed by atoms with Gasteiger partial charge in [0.1, 0.15) is 5.00 Å². The molecule has 0 bridgehead atoms. The summed E-state index contributed by atoms with van der Waals surface area (Å²) in [4.78, 5) is 0. The van der Waals surface area contributed by atoms with E-state index in [1.165, 1.54) is 16.8 Å². The highest BCUT2D eigenvalue weighted by molar-refractivity contribution is 7.11. The zero-order valence-electron chi connectivity index (χ0n) is 8.36. The van der Waals surface area contributed by atoms with Crippen LogP contribution in [-0.4, -0.2) is 23.5 Å². The minimum atomic E-state index is 0.564. The molecule has 1 aromatic heterocycles. The summed E-state index contributed by atoms with van der Waals surface area (Å²) < 4.78 is 4.42. The van der Waals surface area contributed by atoms with Crippen LogP contribution in [-0.2, 0) is 0 Å². The van der Waals surface area contributed by atoms with Crippen LogP contribution in [0.15, 0.2) is 24.3 Å². The van der Waals surface area contributed by atoms with Gasteiger partial charge in [-0.1, -0.05) is 12.1 Å². The summed E-state index contributed by atoms with van der Waals surface area (Å²) in [6.45, 7) is 2.18. The maximum absolute atomic E-state index is 4.42. The SMILES string of the molecule is c1ccc2c(NC3CCNC3)snc2c1. The van der Waals surface area contributed by atoms with E-state index in [2.05, 4.69) is 33.2 Å². The van der Waals surface area contributed by atoms with Gasteiger partial charge >= 0.3 is 0 Å². The average molecular weight is 219 g/mol. The maximum Gasteiger partial charge on any atom is 0.117 e. The highest BCUT2D eigenvalue weighted by atomic mass is 32.1. The second-order valence-electron chi connectivity index (χ2n) is 3.86. The van der Waals surface area contributed by atoms with Crippen molar-refractivity contribution in [2.45, 2.75) is 12.5 Å². The van der Waals surface area contributed by atoms with Gasteiger partial charge in [0.05, 0.1) is 5.52 Å². The van der Waals surface area contributed by atoms with Gasteiger partial charge in [-0.05, 0) is 36.6 Å². The molecule has 2 aromatic rings. The number of rotatable bonds is 2. The Labute approximate surface area is 92.7 Å². The molecule has 1 aliphatic rings. The van der Waals surface area contributed by atoms with Gasteiger partial charge in [0.2, 0.25) is 0 Å². The Morgan fingerprint density at radius 2 is 2.33 bits per heavy atom. The fraction of sp³-hybridized carbons (Fsp3) is 0.364. The van der Waals surface area contributed by atoms with Crippen LogP contribution in [0.1, 0.15) is 6.42 Å². The van der Waals surface area contributed by atoms with E-state index in [9.17, 15) is 0 Å². The Hall–Kier alpha value is -1.13. The summed E-state index contributed by atoms with van der Waals surface area (Å²) in [5.41, 5.74) is 1.09. The molecule has 0 saturated carbocycles. The van der Waals surface area contributed by atoms with Crippen LogP contribution in [0.5, 0.6) is 0 Å². The van der Waals surface area contributed by atoms with Crippen molar-refractivity contribution in [1.29, 1.82) is 0 Å². The lowest BCUT2D eigenvalue weighted by Crippen LogP contribution is -2.21. The Morgan fingerprint density at radius 1 is 1.40 bits per heavy atom. The predicted octanol–water partition coefficient (Wildman–Crippen LogP) is 2.07. The fourth-order valence-corrected chi connectivity index (χ4v) is 2.80. The first-order chi connectivity index (χ1) is 7.43. The van der Waals surface area contributed by atoms with E-state index in [0.717, 1.165) is 18.6 Å².